The Morgan fingerprint density at radius 3 is 2.48 bits per heavy atom. The third kappa shape index (κ3) is 3.95. The van der Waals surface area contributed by atoms with Gasteiger partial charge in [-0.25, -0.2) is 0 Å². The van der Waals surface area contributed by atoms with E-state index in [1.165, 1.54) is 12.8 Å². The molecule has 3 aliphatic heterocycles. The lowest BCUT2D eigenvalue weighted by Crippen LogP contribution is -2.54. The van der Waals surface area contributed by atoms with Crippen molar-refractivity contribution in [2.24, 2.45) is 5.92 Å². The molecule has 0 radical (unpaired) electrons. The van der Waals surface area contributed by atoms with E-state index in [9.17, 15) is 19.2 Å². The fraction of sp³-hybridized carbons (Fsp3) is 0.524. The molecule has 1 atom stereocenters. The van der Waals surface area contributed by atoms with Gasteiger partial charge in [0.05, 0.1) is 11.1 Å². The summed E-state index contributed by atoms with van der Waals surface area (Å²) in [5.41, 5.74) is 1.63. The number of carbonyl (C=O) groups excluding carboxylic acids is 4. The fourth-order valence-corrected chi connectivity index (χ4v) is 4.50. The highest BCUT2D eigenvalue weighted by Gasteiger charge is 2.44. The summed E-state index contributed by atoms with van der Waals surface area (Å²) in [5, 5.41) is 5.59. The summed E-state index contributed by atoms with van der Waals surface area (Å²) in [6, 6.07) is 4.39. The average Bonchev–Trinajstić information content (AvgIpc) is 2.93. The number of amides is 4. The minimum absolute atomic E-state index is 0.122. The van der Waals surface area contributed by atoms with E-state index in [2.05, 4.69) is 22.6 Å². The number of piperidine rings is 2. The lowest BCUT2D eigenvalue weighted by molar-refractivity contribution is -0.136. The Hall–Kier alpha value is -2.58. The monoisotopic (exact) mass is 398 g/mol. The van der Waals surface area contributed by atoms with Crippen molar-refractivity contribution in [2.75, 3.05) is 26.7 Å². The maximum Gasteiger partial charge on any atom is 0.262 e. The van der Waals surface area contributed by atoms with Gasteiger partial charge in [-0.3, -0.25) is 29.4 Å². The molecule has 2 saturated heterocycles. The van der Waals surface area contributed by atoms with Crippen molar-refractivity contribution in [3.05, 3.63) is 34.9 Å². The standard InChI is InChI=1S/C21H26N4O4/c1-24(11-13-6-8-22-9-7-13)12-14-2-3-15-16(10-14)21(29)25(20(15)28)17-4-5-18(26)23-19(17)27/h2-3,10,13,17,22H,4-9,11-12H2,1H3,(H,23,26,27). The molecule has 4 amide bonds. The summed E-state index contributed by atoms with van der Waals surface area (Å²) in [4.78, 5) is 52.4. The first-order chi connectivity index (χ1) is 13.9. The van der Waals surface area contributed by atoms with Crippen LogP contribution in [-0.4, -0.2) is 66.2 Å². The molecule has 0 aromatic heterocycles. The van der Waals surface area contributed by atoms with Crippen molar-refractivity contribution < 1.29 is 19.2 Å². The number of nitrogens with one attached hydrogen (secondary N) is 2. The highest BCUT2D eigenvalue weighted by Crippen LogP contribution is 2.28. The first kappa shape index (κ1) is 19.7. The van der Waals surface area contributed by atoms with Crippen LogP contribution in [0.25, 0.3) is 0 Å². The second-order valence-corrected chi connectivity index (χ2v) is 8.22. The number of fused-ring (bicyclic) bond motifs is 1. The Bertz CT molecular complexity index is 862. The third-order valence-corrected chi connectivity index (χ3v) is 5.99. The second-order valence-electron chi connectivity index (χ2n) is 8.22. The van der Waals surface area contributed by atoms with Crippen LogP contribution >= 0.6 is 0 Å². The molecule has 2 N–H and O–H groups in total. The summed E-state index contributed by atoms with van der Waals surface area (Å²) >= 11 is 0. The molecule has 8 heteroatoms. The third-order valence-electron chi connectivity index (χ3n) is 5.99. The van der Waals surface area contributed by atoms with Gasteiger partial charge < -0.3 is 10.2 Å². The molecule has 3 aliphatic rings. The highest BCUT2D eigenvalue weighted by atomic mass is 16.2. The minimum atomic E-state index is -0.925. The van der Waals surface area contributed by atoms with Gasteiger partial charge in [-0.05, 0) is 63.0 Å². The molecular formula is C21H26N4O4. The van der Waals surface area contributed by atoms with Crippen molar-refractivity contribution >= 4 is 23.6 Å². The number of carbonyl (C=O) groups is 4. The molecule has 0 spiro atoms. The number of hydrogen-bond acceptors (Lipinski definition) is 6. The zero-order valence-electron chi connectivity index (χ0n) is 16.6. The SMILES string of the molecule is CN(Cc1ccc2c(c1)C(=O)N(C1CCC(=O)NC1=O)C2=O)CC1CCNCC1. The topological polar surface area (TPSA) is 98.8 Å². The maximum absolute atomic E-state index is 12.9. The van der Waals surface area contributed by atoms with Gasteiger partial charge >= 0.3 is 0 Å². The van der Waals surface area contributed by atoms with E-state index in [4.69, 9.17) is 0 Å². The zero-order valence-corrected chi connectivity index (χ0v) is 16.6. The van der Waals surface area contributed by atoms with E-state index in [0.29, 0.717) is 23.6 Å². The van der Waals surface area contributed by atoms with Crippen LogP contribution in [0.5, 0.6) is 0 Å². The number of nitrogens with zero attached hydrogens (tertiary/aromatic N) is 2. The van der Waals surface area contributed by atoms with E-state index in [-0.39, 0.29) is 18.7 Å². The van der Waals surface area contributed by atoms with E-state index in [0.717, 1.165) is 30.1 Å². The van der Waals surface area contributed by atoms with Crippen LogP contribution in [0, 0.1) is 5.92 Å². The molecule has 154 valence electrons. The second kappa shape index (κ2) is 8.04. The van der Waals surface area contributed by atoms with E-state index in [1.807, 2.05) is 6.07 Å². The first-order valence-electron chi connectivity index (χ1n) is 10.2. The molecule has 8 nitrogen and oxygen atoms in total. The van der Waals surface area contributed by atoms with Crippen LogP contribution < -0.4 is 10.6 Å². The number of hydrogen-bond donors (Lipinski definition) is 2. The summed E-state index contributed by atoms with van der Waals surface area (Å²) < 4.78 is 0. The summed E-state index contributed by atoms with van der Waals surface area (Å²) in [6.45, 7) is 3.80. The van der Waals surface area contributed by atoms with Crippen LogP contribution in [0.4, 0.5) is 0 Å². The summed E-state index contributed by atoms with van der Waals surface area (Å²) in [7, 11) is 2.07. The Balaban J connectivity index is 1.46. The van der Waals surface area contributed by atoms with Gasteiger partial charge in [0, 0.05) is 19.5 Å². The van der Waals surface area contributed by atoms with Gasteiger partial charge in [-0.1, -0.05) is 6.07 Å². The Labute approximate surface area is 169 Å². The van der Waals surface area contributed by atoms with Gasteiger partial charge in [-0.2, -0.15) is 0 Å². The molecule has 1 aromatic carbocycles. The van der Waals surface area contributed by atoms with Crippen molar-refractivity contribution in [1.29, 1.82) is 0 Å². The van der Waals surface area contributed by atoms with E-state index >= 15 is 0 Å². The molecule has 0 aliphatic carbocycles. The smallest absolute Gasteiger partial charge is 0.262 e. The molecule has 29 heavy (non-hydrogen) atoms. The molecule has 3 heterocycles. The fourth-order valence-electron chi connectivity index (χ4n) is 4.50. The molecule has 0 bridgehead atoms. The van der Waals surface area contributed by atoms with Crippen molar-refractivity contribution in [3.8, 4) is 0 Å². The van der Waals surface area contributed by atoms with Crippen LogP contribution in [-0.2, 0) is 16.1 Å². The largest absolute Gasteiger partial charge is 0.317 e. The lowest BCUT2D eigenvalue weighted by atomic mass is 9.97. The highest BCUT2D eigenvalue weighted by molar-refractivity contribution is 6.23. The van der Waals surface area contributed by atoms with Crippen molar-refractivity contribution in [3.63, 3.8) is 0 Å². The van der Waals surface area contributed by atoms with Gasteiger partial charge in [0.15, 0.2) is 0 Å². The Kier molecular flexibility index (Phi) is 5.47. The molecule has 1 unspecified atom stereocenters. The Morgan fingerprint density at radius 2 is 1.76 bits per heavy atom. The van der Waals surface area contributed by atoms with Gasteiger partial charge in [0.25, 0.3) is 11.8 Å². The predicted octanol–water partition coefficient (Wildman–Crippen LogP) is 0.519. The summed E-state index contributed by atoms with van der Waals surface area (Å²) in [6.07, 6.45) is 2.63. The summed E-state index contributed by atoms with van der Waals surface area (Å²) in [5.74, 6) is -1.21. The van der Waals surface area contributed by atoms with Crippen LogP contribution in [0.15, 0.2) is 18.2 Å². The van der Waals surface area contributed by atoms with Crippen LogP contribution in [0.1, 0.15) is 52.0 Å². The van der Waals surface area contributed by atoms with Crippen molar-refractivity contribution in [2.45, 2.75) is 38.3 Å². The zero-order chi connectivity index (χ0) is 20.5. The lowest BCUT2D eigenvalue weighted by Gasteiger charge is -2.27. The van der Waals surface area contributed by atoms with Crippen LogP contribution in [0.2, 0.25) is 0 Å². The Morgan fingerprint density at radius 1 is 1.03 bits per heavy atom. The van der Waals surface area contributed by atoms with Crippen LogP contribution in [0.3, 0.4) is 0 Å². The van der Waals surface area contributed by atoms with Crippen molar-refractivity contribution in [1.82, 2.24) is 20.4 Å². The number of benzene rings is 1. The van der Waals surface area contributed by atoms with Gasteiger partial charge in [0.1, 0.15) is 6.04 Å². The van der Waals surface area contributed by atoms with Gasteiger partial charge in [0.2, 0.25) is 11.8 Å². The first-order valence-corrected chi connectivity index (χ1v) is 10.2. The molecule has 2 fully saturated rings. The number of rotatable bonds is 5. The molecular weight excluding hydrogens is 372 g/mol. The normalized spacial score (nSPS) is 23.0. The van der Waals surface area contributed by atoms with E-state index in [1.54, 1.807) is 12.1 Å². The molecule has 0 saturated carbocycles. The maximum atomic E-state index is 12.9. The quantitative estimate of drug-likeness (QED) is 0.702. The van der Waals surface area contributed by atoms with E-state index < -0.39 is 23.8 Å². The molecule has 1 aromatic rings. The molecule has 4 rings (SSSR count). The van der Waals surface area contributed by atoms with Gasteiger partial charge in [-0.15, -0.1) is 0 Å². The average molecular weight is 398 g/mol. The predicted molar refractivity (Wildman–Crippen MR) is 105 cm³/mol. The minimum Gasteiger partial charge on any atom is -0.317 e. The number of imide groups is 2.